The molecule has 0 radical (unpaired) electrons. The smallest absolute Gasteiger partial charge is 0.254 e. The predicted molar refractivity (Wildman–Crippen MR) is 93.0 cm³/mol. The summed E-state index contributed by atoms with van der Waals surface area (Å²) >= 11 is 1.64. The summed E-state index contributed by atoms with van der Waals surface area (Å²) in [6.07, 6.45) is 0.962. The van der Waals surface area contributed by atoms with Crippen molar-refractivity contribution in [3.8, 4) is 0 Å². The fraction of sp³-hybridized carbons (Fsp3) is 0.706. The third kappa shape index (κ3) is 4.76. The van der Waals surface area contributed by atoms with Gasteiger partial charge in [-0.25, -0.2) is 0 Å². The molecule has 1 aromatic rings. The molecule has 1 fully saturated rings. The summed E-state index contributed by atoms with van der Waals surface area (Å²) in [4.78, 5) is 18.0. The highest BCUT2D eigenvalue weighted by atomic mass is 32.1. The molecular weight excluding hydrogens is 312 g/mol. The predicted octanol–water partition coefficient (Wildman–Crippen LogP) is 1.57. The lowest BCUT2D eigenvalue weighted by atomic mass is 9.96. The number of hydrogen-bond acceptors (Lipinski definition) is 5. The van der Waals surface area contributed by atoms with E-state index in [-0.39, 0.29) is 18.4 Å². The molecule has 1 amide bonds. The van der Waals surface area contributed by atoms with Crippen LogP contribution in [0.2, 0.25) is 0 Å². The van der Waals surface area contributed by atoms with E-state index in [1.165, 1.54) is 4.88 Å². The van der Waals surface area contributed by atoms with Gasteiger partial charge in [-0.1, -0.05) is 6.92 Å². The summed E-state index contributed by atoms with van der Waals surface area (Å²) < 4.78 is 5.11. The molecule has 0 aliphatic carbocycles. The van der Waals surface area contributed by atoms with Crippen LogP contribution in [-0.2, 0) is 11.2 Å². The first-order chi connectivity index (χ1) is 11.1. The topological polar surface area (TPSA) is 53.0 Å². The molecule has 6 heteroatoms. The zero-order chi connectivity index (χ0) is 16.8. The zero-order valence-corrected chi connectivity index (χ0v) is 15.1. The number of methoxy groups -OCH3 is 1. The Bertz CT molecular complexity index is 506. The van der Waals surface area contributed by atoms with Crippen molar-refractivity contribution in [3.05, 3.63) is 21.9 Å². The molecule has 2 rings (SSSR count). The molecule has 0 spiro atoms. The van der Waals surface area contributed by atoms with Gasteiger partial charge in [-0.2, -0.15) is 0 Å². The van der Waals surface area contributed by atoms with Crippen LogP contribution >= 0.6 is 11.3 Å². The summed E-state index contributed by atoms with van der Waals surface area (Å²) in [6.45, 7) is 6.05. The van der Waals surface area contributed by atoms with Gasteiger partial charge in [0.05, 0.1) is 12.2 Å². The first-order valence-electron chi connectivity index (χ1n) is 8.24. The second-order valence-electron chi connectivity index (χ2n) is 6.32. The third-order valence-electron chi connectivity index (χ3n) is 4.57. The van der Waals surface area contributed by atoms with Crippen LogP contribution in [0.25, 0.3) is 0 Å². The number of likely N-dealkylation sites (tertiary alicyclic amines) is 1. The lowest BCUT2D eigenvalue weighted by molar-refractivity contribution is 0.0779. The Labute approximate surface area is 142 Å². The number of aliphatic hydroxyl groups excluding tert-OH is 1. The number of carbonyl (C=O) groups is 1. The van der Waals surface area contributed by atoms with E-state index in [1.54, 1.807) is 18.4 Å². The van der Waals surface area contributed by atoms with Crippen molar-refractivity contribution in [1.29, 1.82) is 0 Å². The molecule has 2 unspecified atom stereocenters. The van der Waals surface area contributed by atoms with Crippen LogP contribution in [0, 0.1) is 11.8 Å². The van der Waals surface area contributed by atoms with Gasteiger partial charge in [0.15, 0.2) is 0 Å². The van der Waals surface area contributed by atoms with Crippen LogP contribution in [0.3, 0.4) is 0 Å². The van der Waals surface area contributed by atoms with E-state index in [9.17, 15) is 9.90 Å². The molecule has 130 valence electrons. The van der Waals surface area contributed by atoms with Crippen molar-refractivity contribution in [2.24, 2.45) is 11.8 Å². The molecule has 5 nitrogen and oxygen atoms in total. The molecule has 0 saturated carbocycles. The van der Waals surface area contributed by atoms with Crippen LogP contribution in [0.15, 0.2) is 11.4 Å². The van der Waals surface area contributed by atoms with Crippen molar-refractivity contribution < 1.29 is 14.6 Å². The summed E-state index contributed by atoms with van der Waals surface area (Å²) in [5.74, 6) is 0.574. The maximum Gasteiger partial charge on any atom is 0.254 e. The van der Waals surface area contributed by atoms with Gasteiger partial charge in [-0.15, -0.1) is 11.3 Å². The standard InChI is InChI=1S/C17H28N2O3S/c1-4-16-7-13(12-23-16)17(21)19-9-14(15(10-19)11-20)8-18(2)5-6-22-3/h7,12,14-15,20H,4-6,8-11H2,1-3H3. The Morgan fingerprint density at radius 2 is 2.22 bits per heavy atom. The Hall–Kier alpha value is -0.950. The minimum absolute atomic E-state index is 0.0986. The van der Waals surface area contributed by atoms with Gasteiger partial charge in [-0.3, -0.25) is 4.79 Å². The van der Waals surface area contributed by atoms with Crippen molar-refractivity contribution >= 4 is 17.2 Å². The number of thiophene rings is 1. The van der Waals surface area contributed by atoms with Crippen molar-refractivity contribution in [3.63, 3.8) is 0 Å². The van der Waals surface area contributed by atoms with Gasteiger partial charge < -0.3 is 19.6 Å². The summed E-state index contributed by atoms with van der Waals surface area (Å²) in [5.41, 5.74) is 0.789. The molecule has 1 N–H and O–H groups in total. The second kappa shape index (κ2) is 8.78. The van der Waals surface area contributed by atoms with Gasteiger partial charge in [0, 0.05) is 56.1 Å². The van der Waals surface area contributed by atoms with Crippen molar-refractivity contribution in [2.45, 2.75) is 13.3 Å². The van der Waals surface area contributed by atoms with Crippen LogP contribution < -0.4 is 0 Å². The molecule has 1 saturated heterocycles. The molecule has 1 aliphatic rings. The average Bonchev–Trinajstić information content (AvgIpc) is 3.18. The second-order valence-corrected chi connectivity index (χ2v) is 7.32. The fourth-order valence-electron chi connectivity index (χ4n) is 3.12. The molecule has 0 bridgehead atoms. The average molecular weight is 340 g/mol. The van der Waals surface area contributed by atoms with E-state index < -0.39 is 0 Å². The van der Waals surface area contributed by atoms with Gasteiger partial charge in [0.2, 0.25) is 0 Å². The number of ether oxygens (including phenoxy) is 1. The maximum absolute atomic E-state index is 12.7. The SMILES string of the molecule is CCc1cc(C(=O)N2CC(CO)C(CN(C)CCOC)C2)cs1. The fourth-order valence-corrected chi connectivity index (χ4v) is 3.93. The molecule has 2 heterocycles. The third-order valence-corrected chi connectivity index (χ3v) is 5.65. The van der Waals surface area contributed by atoms with Gasteiger partial charge in [-0.05, 0) is 25.5 Å². The largest absolute Gasteiger partial charge is 0.396 e. The number of aliphatic hydroxyl groups is 1. The maximum atomic E-state index is 12.7. The number of likely N-dealkylation sites (N-methyl/N-ethyl adjacent to an activating group) is 1. The minimum Gasteiger partial charge on any atom is -0.396 e. The van der Waals surface area contributed by atoms with E-state index in [4.69, 9.17) is 4.74 Å². The summed E-state index contributed by atoms with van der Waals surface area (Å²) in [7, 11) is 3.76. The Balaban J connectivity index is 1.95. The minimum atomic E-state index is 0.0986. The monoisotopic (exact) mass is 340 g/mol. The summed E-state index contributed by atoms with van der Waals surface area (Å²) in [6, 6.07) is 2.00. The van der Waals surface area contributed by atoms with E-state index in [1.807, 2.05) is 16.3 Å². The number of rotatable bonds is 8. The van der Waals surface area contributed by atoms with E-state index in [0.29, 0.717) is 19.1 Å². The molecule has 2 atom stereocenters. The Kier molecular flexibility index (Phi) is 7.02. The van der Waals surface area contributed by atoms with E-state index in [2.05, 4.69) is 18.9 Å². The van der Waals surface area contributed by atoms with Crippen molar-refractivity contribution in [2.75, 3.05) is 53.6 Å². The lowest BCUT2D eigenvalue weighted by Gasteiger charge is -2.23. The normalized spacial score (nSPS) is 21.3. The Morgan fingerprint density at radius 1 is 1.48 bits per heavy atom. The lowest BCUT2D eigenvalue weighted by Crippen LogP contribution is -2.33. The number of amides is 1. The number of nitrogens with zero attached hydrogens (tertiary/aromatic N) is 2. The highest BCUT2D eigenvalue weighted by molar-refractivity contribution is 7.10. The van der Waals surface area contributed by atoms with Crippen LogP contribution in [0.4, 0.5) is 0 Å². The number of carbonyl (C=O) groups excluding carboxylic acids is 1. The first kappa shape index (κ1) is 18.4. The summed E-state index contributed by atoms with van der Waals surface area (Å²) in [5, 5.41) is 11.6. The van der Waals surface area contributed by atoms with Crippen LogP contribution in [0.1, 0.15) is 22.2 Å². The van der Waals surface area contributed by atoms with Crippen LogP contribution in [0.5, 0.6) is 0 Å². The molecule has 1 aliphatic heterocycles. The number of hydrogen-bond donors (Lipinski definition) is 1. The number of aryl methyl sites for hydroxylation is 1. The van der Waals surface area contributed by atoms with Gasteiger partial charge in [0.1, 0.15) is 0 Å². The quantitative estimate of drug-likeness (QED) is 0.780. The van der Waals surface area contributed by atoms with Crippen molar-refractivity contribution in [1.82, 2.24) is 9.80 Å². The molecular formula is C17H28N2O3S. The molecule has 23 heavy (non-hydrogen) atoms. The van der Waals surface area contributed by atoms with Crippen LogP contribution in [-0.4, -0.2) is 74.4 Å². The van der Waals surface area contributed by atoms with Gasteiger partial charge >= 0.3 is 0 Å². The zero-order valence-electron chi connectivity index (χ0n) is 14.3. The van der Waals surface area contributed by atoms with Gasteiger partial charge in [0.25, 0.3) is 5.91 Å². The highest BCUT2D eigenvalue weighted by Crippen LogP contribution is 2.26. The molecule has 0 aromatic carbocycles. The van der Waals surface area contributed by atoms with E-state index >= 15 is 0 Å². The molecule has 1 aromatic heterocycles. The highest BCUT2D eigenvalue weighted by Gasteiger charge is 2.35. The Morgan fingerprint density at radius 3 is 2.83 bits per heavy atom. The van der Waals surface area contributed by atoms with E-state index in [0.717, 1.165) is 31.6 Å². The first-order valence-corrected chi connectivity index (χ1v) is 9.12.